The van der Waals surface area contributed by atoms with E-state index in [1.165, 1.54) is 0 Å². The molecule has 0 aliphatic carbocycles. The Kier molecular flexibility index (Phi) is 5.63. The van der Waals surface area contributed by atoms with Crippen LogP contribution in [0.3, 0.4) is 0 Å². The SMILES string of the molecule is COS(=O)(=O)C(CO)CC(N)(CO)CO. The highest BCUT2D eigenvalue weighted by molar-refractivity contribution is 7.87. The van der Waals surface area contributed by atoms with E-state index in [1.807, 2.05) is 0 Å². The number of nitrogens with two attached hydrogens (primary N) is 1. The van der Waals surface area contributed by atoms with Gasteiger partial charge in [-0.05, 0) is 6.42 Å². The first-order valence-corrected chi connectivity index (χ1v) is 5.73. The minimum absolute atomic E-state index is 0.285. The Morgan fingerprint density at radius 2 is 1.80 bits per heavy atom. The van der Waals surface area contributed by atoms with E-state index in [2.05, 4.69) is 4.18 Å². The van der Waals surface area contributed by atoms with Gasteiger partial charge in [0.1, 0.15) is 5.25 Å². The van der Waals surface area contributed by atoms with Gasteiger partial charge in [-0.2, -0.15) is 8.42 Å². The molecule has 0 amide bonds. The molecule has 5 N–H and O–H groups in total. The molecule has 1 atom stereocenters. The Balaban J connectivity index is 4.74. The molecule has 0 saturated carbocycles. The third-order valence-corrected chi connectivity index (χ3v) is 3.71. The lowest BCUT2D eigenvalue weighted by molar-refractivity contribution is 0.107. The van der Waals surface area contributed by atoms with Gasteiger partial charge in [-0.25, -0.2) is 0 Å². The molecular weight excluding hydrogens is 226 g/mol. The average Bonchev–Trinajstić information content (AvgIpc) is 2.25. The zero-order valence-electron chi connectivity index (χ0n) is 8.46. The molecule has 0 aromatic rings. The first-order chi connectivity index (χ1) is 6.85. The zero-order valence-corrected chi connectivity index (χ0v) is 9.27. The van der Waals surface area contributed by atoms with Crippen LogP contribution in [0.4, 0.5) is 0 Å². The van der Waals surface area contributed by atoms with E-state index >= 15 is 0 Å². The summed E-state index contributed by atoms with van der Waals surface area (Å²) in [4.78, 5) is 0. The molecule has 8 heteroatoms. The fraction of sp³-hybridized carbons (Fsp3) is 1.00. The summed E-state index contributed by atoms with van der Waals surface area (Å²) in [7, 11) is -2.95. The van der Waals surface area contributed by atoms with Crippen molar-refractivity contribution in [3.63, 3.8) is 0 Å². The van der Waals surface area contributed by atoms with Crippen LogP contribution in [-0.2, 0) is 14.3 Å². The van der Waals surface area contributed by atoms with Crippen LogP contribution in [0.2, 0.25) is 0 Å². The van der Waals surface area contributed by atoms with Crippen molar-refractivity contribution in [1.29, 1.82) is 0 Å². The van der Waals surface area contributed by atoms with Crippen molar-refractivity contribution in [3.05, 3.63) is 0 Å². The maximum Gasteiger partial charge on any atom is 0.272 e. The molecule has 0 bridgehead atoms. The molecule has 0 aromatic carbocycles. The van der Waals surface area contributed by atoms with Gasteiger partial charge in [-0.1, -0.05) is 0 Å². The van der Waals surface area contributed by atoms with Crippen molar-refractivity contribution < 1.29 is 27.9 Å². The predicted molar refractivity (Wildman–Crippen MR) is 52.5 cm³/mol. The summed E-state index contributed by atoms with van der Waals surface area (Å²) < 4.78 is 26.7. The minimum atomic E-state index is -3.92. The quantitative estimate of drug-likeness (QED) is 0.360. The van der Waals surface area contributed by atoms with Crippen LogP contribution in [0.25, 0.3) is 0 Å². The molecule has 0 fully saturated rings. The topological polar surface area (TPSA) is 130 Å². The summed E-state index contributed by atoms with van der Waals surface area (Å²) >= 11 is 0. The lowest BCUT2D eigenvalue weighted by Crippen LogP contribution is -2.51. The van der Waals surface area contributed by atoms with Crippen molar-refractivity contribution in [2.24, 2.45) is 5.73 Å². The van der Waals surface area contributed by atoms with Crippen molar-refractivity contribution >= 4 is 10.1 Å². The first-order valence-electron chi connectivity index (χ1n) is 4.26. The van der Waals surface area contributed by atoms with E-state index in [0.29, 0.717) is 0 Å². The van der Waals surface area contributed by atoms with Gasteiger partial charge in [0.15, 0.2) is 0 Å². The lowest BCUT2D eigenvalue weighted by atomic mass is 9.97. The van der Waals surface area contributed by atoms with Crippen molar-refractivity contribution in [2.75, 3.05) is 26.9 Å². The van der Waals surface area contributed by atoms with Gasteiger partial charge in [-0.15, -0.1) is 0 Å². The molecule has 0 aromatic heterocycles. The first kappa shape index (κ1) is 14.8. The molecule has 15 heavy (non-hydrogen) atoms. The summed E-state index contributed by atoms with van der Waals surface area (Å²) in [5, 5.41) is 25.3. The summed E-state index contributed by atoms with van der Waals surface area (Å²) in [5.74, 6) is 0. The molecular formula is C7H17NO6S. The van der Waals surface area contributed by atoms with Crippen molar-refractivity contribution in [3.8, 4) is 0 Å². The smallest absolute Gasteiger partial charge is 0.272 e. The number of aliphatic hydroxyl groups is 3. The van der Waals surface area contributed by atoms with Gasteiger partial charge in [-0.3, -0.25) is 4.18 Å². The average molecular weight is 243 g/mol. The van der Waals surface area contributed by atoms with Gasteiger partial charge >= 0.3 is 0 Å². The van der Waals surface area contributed by atoms with Crippen molar-refractivity contribution in [1.82, 2.24) is 0 Å². The highest BCUT2D eigenvalue weighted by Gasteiger charge is 2.34. The van der Waals surface area contributed by atoms with Gasteiger partial charge in [0, 0.05) is 0 Å². The second-order valence-corrected chi connectivity index (χ2v) is 5.33. The standard InChI is InChI=1S/C7H17NO6S/c1-14-15(12,13)6(3-9)2-7(8,4-10)5-11/h6,9-11H,2-5,8H2,1H3. The van der Waals surface area contributed by atoms with E-state index in [1.54, 1.807) is 0 Å². The maximum atomic E-state index is 11.2. The van der Waals surface area contributed by atoms with E-state index < -0.39 is 40.7 Å². The third kappa shape index (κ3) is 4.01. The summed E-state index contributed by atoms with van der Waals surface area (Å²) in [5.41, 5.74) is 4.05. The third-order valence-electron chi connectivity index (χ3n) is 2.11. The van der Waals surface area contributed by atoms with Gasteiger partial charge in [0.2, 0.25) is 0 Å². The van der Waals surface area contributed by atoms with Crippen LogP contribution >= 0.6 is 0 Å². The second kappa shape index (κ2) is 5.73. The molecule has 0 aliphatic heterocycles. The Morgan fingerprint density at radius 1 is 1.33 bits per heavy atom. The molecule has 0 radical (unpaired) electrons. The molecule has 0 aliphatic rings. The van der Waals surface area contributed by atoms with Crippen LogP contribution in [0.15, 0.2) is 0 Å². The second-order valence-electron chi connectivity index (χ2n) is 3.35. The van der Waals surface area contributed by atoms with Crippen LogP contribution < -0.4 is 5.73 Å². The number of rotatable bonds is 7. The molecule has 0 saturated heterocycles. The van der Waals surface area contributed by atoms with Crippen LogP contribution in [-0.4, -0.2) is 61.5 Å². The number of hydrogen-bond donors (Lipinski definition) is 4. The van der Waals surface area contributed by atoms with Gasteiger partial charge < -0.3 is 21.1 Å². The molecule has 0 spiro atoms. The maximum absolute atomic E-state index is 11.2. The number of aliphatic hydroxyl groups excluding tert-OH is 3. The summed E-state index contributed by atoms with van der Waals surface area (Å²) in [6.45, 7) is -1.85. The predicted octanol–water partition coefficient (Wildman–Crippen LogP) is -2.60. The van der Waals surface area contributed by atoms with E-state index in [-0.39, 0.29) is 6.42 Å². The Labute approximate surface area is 88.6 Å². The monoisotopic (exact) mass is 243 g/mol. The normalized spacial score (nSPS) is 15.3. The molecule has 0 heterocycles. The highest BCUT2D eigenvalue weighted by atomic mass is 32.2. The van der Waals surface area contributed by atoms with Gasteiger partial charge in [0.05, 0.1) is 32.5 Å². The molecule has 92 valence electrons. The fourth-order valence-electron chi connectivity index (χ4n) is 1.03. The van der Waals surface area contributed by atoms with Crippen molar-refractivity contribution in [2.45, 2.75) is 17.2 Å². The van der Waals surface area contributed by atoms with Crippen LogP contribution in [0, 0.1) is 0 Å². The zero-order chi connectivity index (χ0) is 12.1. The molecule has 1 unspecified atom stereocenters. The summed E-state index contributed by atoms with van der Waals surface area (Å²) in [6, 6.07) is 0. The van der Waals surface area contributed by atoms with Crippen LogP contribution in [0.1, 0.15) is 6.42 Å². The Morgan fingerprint density at radius 3 is 2.07 bits per heavy atom. The molecule has 0 rings (SSSR count). The summed E-state index contributed by atoms with van der Waals surface area (Å²) in [6.07, 6.45) is -0.285. The minimum Gasteiger partial charge on any atom is -0.395 e. The largest absolute Gasteiger partial charge is 0.395 e. The van der Waals surface area contributed by atoms with E-state index in [4.69, 9.17) is 21.1 Å². The lowest BCUT2D eigenvalue weighted by Gasteiger charge is -2.27. The van der Waals surface area contributed by atoms with Crippen LogP contribution in [0.5, 0.6) is 0 Å². The highest BCUT2D eigenvalue weighted by Crippen LogP contribution is 2.15. The molecule has 7 nitrogen and oxygen atoms in total. The fourth-order valence-corrected chi connectivity index (χ4v) is 2.02. The number of hydrogen-bond acceptors (Lipinski definition) is 7. The van der Waals surface area contributed by atoms with E-state index in [0.717, 1.165) is 7.11 Å². The van der Waals surface area contributed by atoms with E-state index in [9.17, 15) is 8.42 Å². The Bertz CT molecular complexity index is 273. The Hall–Kier alpha value is -0.250. The van der Waals surface area contributed by atoms with Gasteiger partial charge in [0.25, 0.3) is 10.1 Å².